The van der Waals surface area contributed by atoms with Crippen LogP contribution in [0.1, 0.15) is 22.1 Å². The van der Waals surface area contributed by atoms with Gasteiger partial charge in [0.2, 0.25) is 0 Å². The summed E-state index contributed by atoms with van der Waals surface area (Å²) in [4.78, 5) is 17.0. The quantitative estimate of drug-likeness (QED) is 0.555. The van der Waals surface area contributed by atoms with Gasteiger partial charge in [-0.2, -0.15) is 10.2 Å². The zero-order chi connectivity index (χ0) is 18.5. The Hall–Kier alpha value is -3.74. The Labute approximate surface area is 156 Å². The maximum absolute atomic E-state index is 12.8. The SMILES string of the molecule is O=C(N[C@@H](Cn1cccn1)c1ccccc1)c1cc(-c2ccccn2)n[nH]1. The summed E-state index contributed by atoms with van der Waals surface area (Å²) in [6.07, 6.45) is 5.29. The fourth-order valence-electron chi connectivity index (χ4n) is 2.83. The Balaban J connectivity index is 1.54. The minimum absolute atomic E-state index is 0.222. The van der Waals surface area contributed by atoms with Gasteiger partial charge in [0, 0.05) is 18.6 Å². The minimum Gasteiger partial charge on any atom is -0.342 e. The van der Waals surface area contributed by atoms with E-state index >= 15 is 0 Å². The van der Waals surface area contributed by atoms with Crippen LogP contribution in [0.25, 0.3) is 11.4 Å². The third kappa shape index (κ3) is 3.92. The lowest BCUT2D eigenvalue weighted by Gasteiger charge is -2.19. The molecule has 3 aromatic heterocycles. The number of nitrogens with one attached hydrogen (secondary N) is 2. The van der Waals surface area contributed by atoms with E-state index < -0.39 is 0 Å². The molecule has 2 N–H and O–H groups in total. The molecule has 1 amide bonds. The third-order valence-electron chi connectivity index (χ3n) is 4.19. The van der Waals surface area contributed by atoms with E-state index in [1.54, 1.807) is 23.1 Å². The van der Waals surface area contributed by atoms with E-state index in [0.717, 1.165) is 5.56 Å². The standard InChI is InChI=1S/C20H18N6O/c27-20(18-13-17(24-25-18)16-9-4-5-10-21-16)23-19(14-26-12-6-11-22-26)15-7-2-1-3-8-15/h1-13,19H,14H2,(H,23,27)(H,24,25)/t19-/m0/s1. The van der Waals surface area contributed by atoms with Crippen LogP contribution in [0.5, 0.6) is 0 Å². The molecule has 0 fully saturated rings. The van der Waals surface area contributed by atoms with E-state index in [4.69, 9.17) is 0 Å². The zero-order valence-electron chi connectivity index (χ0n) is 14.5. The lowest BCUT2D eigenvalue weighted by atomic mass is 10.1. The van der Waals surface area contributed by atoms with Crippen molar-refractivity contribution in [2.75, 3.05) is 0 Å². The summed E-state index contributed by atoms with van der Waals surface area (Å²) in [7, 11) is 0. The Kier molecular flexibility index (Phi) is 4.74. The molecule has 1 aromatic carbocycles. The summed E-state index contributed by atoms with van der Waals surface area (Å²) in [5.74, 6) is -0.231. The van der Waals surface area contributed by atoms with Gasteiger partial charge >= 0.3 is 0 Å². The number of benzene rings is 1. The Morgan fingerprint density at radius 1 is 1.04 bits per heavy atom. The van der Waals surface area contributed by atoms with Crippen molar-refractivity contribution in [3.05, 3.63) is 90.5 Å². The molecule has 0 bridgehead atoms. The van der Waals surface area contributed by atoms with Gasteiger partial charge in [-0.1, -0.05) is 36.4 Å². The van der Waals surface area contributed by atoms with Gasteiger partial charge in [-0.15, -0.1) is 0 Å². The molecule has 7 heteroatoms. The van der Waals surface area contributed by atoms with E-state index in [9.17, 15) is 4.79 Å². The van der Waals surface area contributed by atoms with Crippen molar-refractivity contribution in [3.8, 4) is 11.4 Å². The van der Waals surface area contributed by atoms with Crippen LogP contribution in [0.15, 0.2) is 79.3 Å². The second kappa shape index (κ2) is 7.65. The number of pyridine rings is 1. The highest BCUT2D eigenvalue weighted by molar-refractivity contribution is 5.93. The molecular weight excluding hydrogens is 340 g/mol. The molecular formula is C20H18N6O. The lowest BCUT2D eigenvalue weighted by molar-refractivity contribution is 0.0926. The molecule has 7 nitrogen and oxygen atoms in total. The van der Waals surface area contributed by atoms with Crippen molar-refractivity contribution in [2.24, 2.45) is 0 Å². The van der Waals surface area contributed by atoms with Crippen LogP contribution < -0.4 is 5.32 Å². The van der Waals surface area contributed by atoms with Crippen molar-refractivity contribution in [2.45, 2.75) is 12.6 Å². The van der Waals surface area contributed by atoms with Crippen LogP contribution in [-0.2, 0) is 6.54 Å². The molecule has 4 rings (SSSR count). The predicted octanol–water partition coefficient (Wildman–Crippen LogP) is 2.84. The Morgan fingerprint density at radius 3 is 2.63 bits per heavy atom. The number of hydrogen-bond acceptors (Lipinski definition) is 4. The molecule has 3 heterocycles. The average molecular weight is 358 g/mol. The first-order valence-electron chi connectivity index (χ1n) is 8.59. The molecule has 1 atom stereocenters. The molecule has 0 saturated carbocycles. The number of aromatic nitrogens is 5. The molecule has 0 saturated heterocycles. The van der Waals surface area contributed by atoms with E-state index in [1.807, 2.05) is 60.8 Å². The number of aromatic amines is 1. The van der Waals surface area contributed by atoms with Crippen LogP contribution in [-0.4, -0.2) is 30.9 Å². The fraction of sp³-hybridized carbons (Fsp3) is 0.100. The van der Waals surface area contributed by atoms with Crippen LogP contribution in [0.2, 0.25) is 0 Å². The van der Waals surface area contributed by atoms with E-state index in [1.165, 1.54) is 0 Å². The molecule has 0 aliphatic heterocycles. The summed E-state index contributed by atoms with van der Waals surface area (Å²) in [6, 6.07) is 18.7. The van der Waals surface area contributed by atoms with Crippen LogP contribution >= 0.6 is 0 Å². The summed E-state index contributed by atoms with van der Waals surface area (Å²) < 4.78 is 1.80. The first-order valence-corrected chi connectivity index (χ1v) is 8.59. The Morgan fingerprint density at radius 2 is 1.89 bits per heavy atom. The topological polar surface area (TPSA) is 88.5 Å². The molecule has 0 unspecified atom stereocenters. The van der Waals surface area contributed by atoms with Gasteiger partial charge in [-0.25, -0.2) is 0 Å². The minimum atomic E-state index is -0.231. The molecule has 27 heavy (non-hydrogen) atoms. The molecule has 0 spiro atoms. The molecule has 0 radical (unpaired) electrons. The highest BCUT2D eigenvalue weighted by Gasteiger charge is 2.18. The number of rotatable bonds is 6. The van der Waals surface area contributed by atoms with Crippen LogP contribution in [0.3, 0.4) is 0 Å². The van der Waals surface area contributed by atoms with Crippen molar-refractivity contribution < 1.29 is 4.79 Å². The summed E-state index contributed by atoms with van der Waals surface area (Å²) >= 11 is 0. The maximum Gasteiger partial charge on any atom is 0.269 e. The van der Waals surface area contributed by atoms with Gasteiger partial charge in [0.25, 0.3) is 5.91 Å². The maximum atomic E-state index is 12.8. The predicted molar refractivity (Wildman–Crippen MR) is 101 cm³/mol. The molecule has 0 aliphatic carbocycles. The second-order valence-electron chi connectivity index (χ2n) is 6.05. The number of carbonyl (C=O) groups excluding carboxylic acids is 1. The van der Waals surface area contributed by atoms with Gasteiger partial charge in [0.1, 0.15) is 11.4 Å². The first kappa shape index (κ1) is 16.7. The fourth-order valence-corrected chi connectivity index (χ4v) is 2.83. The van der Waals surface area contributed by atoms with E-state index in [2.05, 4.69) is 25.6 Å². The summed E-state index contributed by atoms with van der Waals surface area (Å²) in [5, 5.41) is 14.3. The van der Waals surface area contributed by atoms with Gasteiger partial charge < -0.3 is 5.32 Å². The Bertz CT molecular complexity index is 995. The number of nitrogens with zero attached hydrogens (tertiary/aromatic N) is 4. The normalized spacial score (nSPS) is 11.9. The number of carbonyl (C=O) groups is 1. The summed E-state index contributed by atoms with van der Waals surface area (Å²) in [6.45, 7) is 0.532. The highest BCUT2D eigenvalue weighted by atomic mass is 16.2. The van der Waals surface area contributed by atoms with E-state index in [0.29, 0.717) is 23.6 Å². The van der Waals surface area contributed by atoms with Gasteiger partial charge in [0.05, 0.1) is 18.3 Å². The van der Waals surface area contributed by atoms with Gasteiger partial charge in [0.15, 0.2) is 0 Å². The van der Waals surface area contributed by atoms with Crippen LogP contribution in [0, 0.1) is 0 Å². The van der Waals surface area contributed by atoms with Gasteiger partial charge in [-0.05, 0) is 29.8 Å². The van der Waals surface area contributed by atoms with Crippen molar-refractivity contribution in [3.63, 3.8) is 0 Å². The van der Waals surface area contributed by atoms with Crippen molar-refractivity contribution >= 4 is 5.91 Å². The highest BCUT2D eigenvalue weighted by Crippen LogP contribution is 2.17. The largest absolute Gasteiger partial charge is 0.342 e. The zero-order valence-corrected chi connectivity index (χ0v) is 14.5. The smallest absolute Gasteiger partial charge is 0.269 e. The third-order valence-corrected chi connectivity index (χ3v) is 4.19. The van der Waals surface area contributed by atoms with Crippen molar-refractivity contribution in [1.82, 2.24) is 30.3 Å². The van der Waals surface area contributed by atoms with E-state index in [-0.39, 0.29) is 11.9 Å². The molecule has 134 valence electrons. The number of hydrogen-bond donors (Lipinski definition) is 2. The molecule has 4 aromatic rings. The first-order chi connectivity index (χ1) is 13.3. The molecule has 0 aliphatic rings. The second-order valence-corrected chi connectivity index (χ2v) is 6.05. The van der Waals surface area contributed by atoms with Gasteiger partial charge in [-0.3, -0.25) is 19.6 Å². The summed E-state index contributed by atoms with van der Waals surface area (Å²) in [5.41, 5.74) is 2.73. The number of H-pyrrole nitrogens is 1. The monoisotopic (exact) mass is 358 g/mol. The van der Waals surface area contributed by atoms with Crippen molar-refractivity contribution in [1.29, 1.82) is 0 Å². The van der Waals surface area contributed by atoms with Crippen LogP contribution in [0.4, 0.5) is 0 Å². The average Bonchev–Trinajstić information content (AvgIpc) is 3.41. The number of amides is 1. The lowest BCUT2D eigenvalue weighted by Crippen LogP contribution is -2.31.